The van der Waals surface area contributed by atoms with E-state index < -0.39 is 6.10 Å². The zero-order valence-corrected chi connectivity index (χ0v) is 45.4. The third-order valence-corrected chi connectivity index (χ3v) is 16.4. The molecular formula is C55H89ClO15. The fraction of sp³-hybridized carbons (Fsp3) is 0.836. The topological polar surface area (TPSA) is 193 Å². The van der Waals surface area contributed by atoms with E-state index in [2.05, 4.69) is 92.1 Å². The maximum atomic E-state index is 11.4. The Morgan fingerprint density at radius 2 is 0.803 bits per heavy atom. The number of allylic oxidation sites excluding steroid dienone is 3. The van der Waals surface area contributed by atoms with Gasteiger partial charge in [0, 0.05) is 42.1 Å². The van der Waals surface area contributed by atoms with Gasteiger partial charge in [0.25, 0.3) is 0 Å². The Morgan fingerprint density at radius 1 is 0.535 bits per heavy atom. The molecule has 0 bridgehead atoms. The Balaban J connectivity index is 0.000000190. The van der Waals surface area contributed by atoms with Crippen molar-refractivity contribution in [1.29, 1.82) is 0 Å². The van der Waals surface area contributed by atoms with Gasteiger partial charge < -0.3 is 57.2 Å². The Labute approximate surface area is 429 Å². The van der Waals surface area contributed by atoms with Crippen LogP contribution in [-0.2, 0) is 66.5 Å². The van der Waals surface area contributed by atoms with Gasteiger partial charge in [0.05, 0.1) is 73.7 Å². The van der Waals surface area contributed by atoms with E-state index >= 15 is 0 Å². The number of epoxide rings is 6. The smallest absolute Gasteiger partial charge is 0.302 e. The second kappa shape index (κ2) is 23.3. The minimum atomic E-state index is -0.412. The van der Waals surface area contributed by atoms with Gasteiger partial charge in [0.1, 0.15) is 52.4 Å². The Bertz CT molecular complexity index is 1850. The van der Waals surface area contributed by atoms with Crippen molar-refractivity contribution in [3.63, 3.8) is 0 Å². The lowest BCUT2D eigenvalue weighted by Crippen LogP contribution is -2.55. The van der Waals surface area contributed by atoms with E-state index in [1.54, 1.807) is 21.3 Å². The third-order valence-electron chi connectivity index (χ3n) is 16.4. The van der Waals surface area contributed by atoms with Gasteiger partial charge >= 0.3 is 11.9 Å². The highest BCUT2D eigenvalue weighted by Crippen LogP contribution is 2.62. The van der Waals surface area contributed by atoms with Gasteiger partial charge in [-0.2, -0.15) is 0 Å². The van der Waals surface area contributed by atoms with E-state index in [9.17, 15) is 19.5 Å². The summed E-state index contributed by atoms with van der Waals surface area (Å²) in [6, 6.07) is 0. The fourth-order valence-electron chi connectivity index (χ4n) is 12.5. The van der Waals surface area contributed by atoms with Crippen molar-refractivity contribution in [3.8, 4) is 0 Å². The first kappa shape index (κ1) is 59.6. The highest BCUT2D eigenvalue weighted by Gasteiger charge is 2.74. The van der Waals surface area contributed by atoms with Crippen LogP contribution in [0.4, 0.5) is 0 Å². The molecule has 0 unspecified atom stereocenters. The molecular weight excluding hydrogens is 936 g/mol. The molecule has 15 nitrogen and oxygen atoms in total. The van der Waals surface area contributed by atoms with Gasteiger partial charge in [-0.3, -0.25) is 14.4 Å². The summed E-state index contributed by atoms with van der Waals surface area (Å²) in [6.45, 7) is 25.5. The molecule has 3 aliphatic carbocycles. The summed E-state index contributed by atoms with van der Waals surface area (Å²) in [4.78, 5) is 32.0. The number of hydrogen-bond donors (Lipinski definition) is 1. The van der Waals surface area contributed by atoms with E-state index in [0.717, 1.165) is 77.6 Å². The highest BCUT2D eigenvalue weighted by molar-refractivity contribution is 6.62. The van der Waals surface area contributed by atoms with E-state index in [4.69, 9.17) is 52.1 Å². The number of rotatable bonds is 14. The molecule has 16 heteroatoms. The molecule has 3 saturated carbocycles. The lowest BCUT2D eigenvalue weighted by molar-refractivity contribution is -0.169. The van der Waals surface area contributed by atoms with Gasteiger partial charge in [-0.05, 0) is 132 Å². The number of aliphatic hydroxyl groups excluding tert-OH is 1. The third kappa shape index (κ3) is 13.6. The van der Waals surface area contributed by atoms with Crippen LogP contribution in [0, 0.1) is 17.8 Å². The van der Waals surface area contributed by atoms with Crippen molar-refractivity contribution < 1.29 is 71.6 Å². The van der Waals surface area contributed by atoms with E-state index in [1.165, 1.54) is 37.5 Å². The molecule has 0 amide bonds. The molecule has 1 N–H and O–H groups in total. The maximum absolute atomic E-state index is 11.4. The number of ether oxygens (including phenoxy) is 11. The first-order valence-corrected chi connectivity index (χ1v) is 25.8. The van der Waals surface area contributed by atoms with Crippen molar-refractivity contribution in [2.45, 2.75) is 237 Å². The largest absolute Gasteiger partial charge is 0.460 e. The van der Waals surface area contributed by atoms with Crippen LogP contribution in [0.15, 0.2) is 34.9 Å². The summed E-state index contributed by atoms with van der Waals surface area (Å²) in [7, 11) is 5.05. The molecule has 71 heavy (non-hydrogen) atoms. The lowest BCUT2D eigenvalue weighted by Gasteiger charge is -2.42. The number of esters is 2. The average molecular weight is 1030 g/mol. The van der Waals surface area contributed by atoms with Crippen LogP contribution < -0.4 is 0 Å². The van der Waals surface area contributed by atoms with Crippen LogP contribution in [0.3, 0.4) is 0 Å². The molecule has 6 saturated heterocycles. The molecule has 0 aromatic carbocycles. The highest BCUT2D eigenvalue weighted by atomic mass is 35.5. The van der Waals surface area contributed by atoms with E-state index in [0.29, 0.717) is 0 Å². The molecule has 406 valence electrons. The first-order valence-electron chi connectivity index (χ1n) is 25.4. The Morgan fingerprint density at radius 3 is 1.04 bits per heavy atom. The van der Waals surface area contributed by atoms with E-state index in [1.807, 2.05) is 0 Å². The predicted octanol–water partition coefficient (Wildman–Crippen LogP) is 8.71. The van der Waals surface area contributed by atoms with E-state index in [-0.39, 0.29) is 125 Å². The molecule has 0 radical (unpaired) electrons. The van der Waals surface area contributed by atoms with Gasteiger partial charge in [0.2, 0.25) is 5.24 Å². The Hall–Kier alpha value is -2.28. The number of methoxy groups -OCH3 is 3. The minimum absolute atomic E-state index is 0. The number of halogens is 1. The summed E-state index contributed by atoms with van der Waals surface area (Å²) >= 11 is 4.64. The standard InChI is InChI=1S/2C18H28O5.C16H26O4.C2H3ClO.CH4/c2*1-11(2)6-7-14-17(4,23-14)16-15(20-5)13(22-12(3)19)8-9-18(16)10-21-18;1-10(2)5-6-12-15(3,20-12)14-13(18-4)11(17)7-8-16(14)9-19-16;1-2(3)4;/h2*6,13-16H,7-10H2,1-5H3;5,11-14,17H,6-9H2,1-4H3;1H3;1H4/t2*13-,14-,15-,16-,17+,18+;11-,12-,13-,14-,15+,16+;;/m111../s1. The molecule has 9 aliphatic rings. The fourth-order valence-corrected chi connectivity index (χ4v) is 12.5. The summed E-state index contributed by atoms with van der Waals surface area (Å²) in [5, 5.41) is 9.89. The molecule has 6 aliphatic heterocycles. The van der Waals surface area contributed by atoms with Gasteiger partial charge in [0.15, 0.2) is 0 Å². The van der Waals surface area contributed by atoms with Crippen molar-refractivity contribution in [1.82, 2.24) is 0 Å². The maximum Gasteiger partial charge on any atom is 0.302 e. The monoisotopic (exact) mass is 1020 g/mol. The molecule has 0 aromatic rings. The number of aliphatic hydroxyl groups is 1. The number of carbonyl (C=O) groups is 3. The van der Waals surface area contributed by atoms with Crippen LogP contribution in [0.1, 0.15) is 148 Å². The average Bonchev–Trinajstić information content (AvgIpc) is 4.00. The van der Waals surface area contributed by atoms with Crippen LogP contribution in [-0.4, -0.2) is 152 Å². The minimum Gasteiger partial charge on any atom is -0.460 e. The molecule has 3 spiro atoms. The van der Waals surface area contributed by atoms with Crippen molar-refractivity contribution in [2.24, 2.45) is 17.8 Å². The normalized spacial score (nSPS) is 43.5. The zero-order chi connectivity index (χ0) is 51.8. The summed E-state index contributed by atoms with van der Waals surface area (Å²) in [5.41, 5.74) is 2.68. The predicted molar refractivity (Wildman–Crippen MR) is 269 cm³/mol. The number of carbonyl (C=O) groups excluding carboxylic acids is 3. The molecule has 9 fully saturated rings. The van der Waals surface area contributed by atoms with Gasteiger partial charge in [-0.25, -0.2) is 0 Å². The summed E-state index contributed by atoms with van der Waals surface area (Å²) in [6.07, 6.45) is 13.6. The second-order valence-corrected chi connectivity index (χ2v) is 23.0. The van der Waals surface area contributed by atoms with Crippen molar-refractivity contribution in [2.75, 3.05) is 41.2 Å². The van der Waals surface area contributed by atoms with Crippen molar-refractivity contribution in [3.05, 3.63) is 34.9 Å². The van der Waals surface area contributed by atoms with Gasteiger partial charge in [-0.15, -0.1) is 0 Å². The van der Waals surface area contributed by atoms with Gasteiger partial charge in [-0.1, -0.05) is 42.4 Å². The molecule has 6 heterocycles. The zero-order valence-electron chi connectivity index (χ0n) is 44.7. The van der Waals surface area contributed by atoms with Crippen LogP contribution in [0.2, 0.25) is 0 Å². The Kier molecular flexibility index (Phi) is 19.6. The van der Waals surface area contributed by atoms with Crippen LogP contribution in [0.25, 0.3) is 0 Å². The lowest BCUT2D eigenvalue weighted by atomic mass is 9.68. The molecule has 9 rings (SSSR count). The second-order valence-electron chi connectivity index (χ2n) is 22.5. The molecule has 18 atom stereocenters. The van der Waals surface area contributed by atoms with Crippen LogP contribution >= 0.6 is 11.6 Å². The van der Waals surface area contributed by atoms with Crippen molar-refractivity contribution >= 4 is 28.8 Å². The SMILES string of the molecule is C.CC(=O)Cl.CO[C@@H]1[C@H](O)CC[C@]2(CO2)[C@H]1[C@@]1(C)O[C@@H]1CC=C(C)C.CO[C@@H]1[C@H](OC(C)=O)CC[C@]2(CO2)[C@H]1[C@@]1(C)O[C@@H]1CC=C(C)C.CO[C@@H]1[C@H](OC(C)=O)CC[C@]2(CO2)[C@H]1[C@@]1(C)O[C@@H]1CC=C(C)C. The summed E-state index contributed by atoms with van der Waals surface area (Å²) < 4.78 is 64.0. The van der Waals surface area contributed by atoms with Crippen LogP contribution in [0.5, 0.6) is 0 Å². The number of hydrogen-bond acceptors (Lipinski definition) is 15. The molecule has 0 aromatic heterocycles. The first-order chi connectivity index (χ1) is 32.8. The quantitative estimate of drug-likeness (QED) is 0.0751. The summed E-state index contributed by atoms with van der Waals surface area (Å²) in [5.74, 6) is -0.209.